The molecule has 4 atom stereocenters. The number of para-hydroxylation sites is 1. The normalized spacial score (nSPS) is 18.9. The second kappa shape index (κ2) is 11.5. The average molecular weight is 581 g/mol. The van der Waals surface area contributed by atoms with E-state index in [9.17, 15) is 19.8 Å². The van der Waals surface area contributed by atoms with E-state index in [1.54, 1.807) is 22.9 Å². The van der Waals surface area contributed by atoms with Crippen LogP contribution < -0.4 is 10.9 Å². The minimum absolute atomic E-state index is 0.00342. The molecule has 0 bridgehead atoms. The number of fused-ring (bicyclic) bond motifs is 2. The maximum absolute atomic E-state index is 13.5. The summed E-state index contributed by atoms with van der Waals surface area (Å²) in [5.74, 6) is 0.0434. The fourth-order valence-electron chi connectivity index (χ4n) is 4.43. The van der Waals surface area contributed by atoms with Crippen molar-refractivity contribution in [1.82, 2.24) is 23.9 Å². The lowest BCUT2D eigenvalue weighted by Gasteiger charge is -2.31. The number of nitrogens with one attached hydrogen (secondary N) is 2. The van der Waals surface area contributed by atoms with Crippen molar-refractivity contribution in [2.45, 2.75) is 30.0 Å². The van der Waals surface area contributed by atoms with Gasteiger partial charge in [0.05, 0.1) is 24.6 Å². The van der Waals surface area contributed by atoms with Gasteiger partial charge in [-0.15, -0.1) is 0 Å². The van der Waals surface area contributed by atoms with E-state index in [1.165, 1.54) is 4.40 Å². The summed E-state index contributed by atoms with van der Waals surface area (Å²) < 4.78 is 13.6. The van der Waals surface area contributed by atoms with Crippen LogP contribution in [0, 0.1) is 0 Å². The largest absolute Gasteiger partial charge is 0.388 e. The smallest absolute Gasteiger partial charge is 0.287 e. The standard InChI is InChI=1S/C26H25N6O6PS/c33-18(22-19(34)13-37-39-38-22)12-31-23-21(29-26(31)40-14-20(35)27-16-9-5-2-6-10-16)24(36)32-11-17(28-25(32)30-23)15-7-3-1-4-8-15/h1-11,18-19,22,33-34,39H,12-14H2,(H,27,35)(H,28,30). The summed E-state index contributed by atoms with van der Waals surface area (Å²) in [5.41, 5.74) is 2.18. The monoisotopic (exact) mass is 580 g/mol. The molecule has 1 aliphatic rings. The van der Waals surface area contributed by atoms with Crippen LogP contribution in [0.25, 0.3) is 28.2 Å². The average Bonchev–Trinajstić information content (AvgIpc) is 3.55. The van der Waals surface area contributed by atoms with Gasteiger partial charge in [-0.25, -0.2) is 9.38 Å². The molecule has 4 N–H and O–H groups in total. The number of nitrogens with zero attached hydrogens (tertiary/aromatic N) is 4. The van der Waals surface area contributed by atoms with Gasteiger partial charge in [-0.2, -0.15) is 4.98 Å². The third-order valence-electron chi connectivity index (χ3n) is 6.37. The second-order valence-electron chi connectivity index (χ2n) is 9.14. The quantitative estimate of drug-likeness (QED) is 0.160. The molecule has 6 rings (SSSR count). The van der Waals surface area contributed by atoms with Crippen molar-refractivity contribution in [2.75, 3.05) is 17.7 Å². The van der Waals surface area contributed by atoms with Gasteiger partial charge in [0.15, 0.2) is 25.4 Å². The van der Waals surface area contributed by atoms with Crippen LogP contribution in [0.1, 0.15) is 0 Å². The van der Waals surface area contributed by atoms with Gasteiger partial charge in [-0.05, 0) is 17.7 Å². The molecule has 14 heteroatoms. The zero-order valence-corrected chi connectivity index (χ0v) is 22.7. The van der Waals surface area contributed by atoms with Crippen molar-refractivity contribution in [3.05, 3.63) is 77.2 Å². The fourth-order valence-corrected chi connectivity index (χ4v) is 5.97. The van der Waals surface area contributed by atoms with Gasteiger partial charge in [0.2, 0.25) is 11.7 Å². The Morgan fingerprint density at radius 1 is 1.18 bits per heavy atom. The van der Waals surface area contributed by atoms with Gasteiger partial charge in [0, 0.05) is 11.9 Å². The van der Waals surface area contributed by atoms with E-state index in [0.29, 0.717) is 22.3 Å². The summed E-state index contributed by atoms with van der Waals surface area (Å²) in [5, 5.41) is 24.5. The number of benzene rings is 2. The van der Waals surface area contributed by atoms with Crippen LogP contribution in [0.15, 0.2) is 76.8 Å². The number of H-pyrrole nitrogens is 1. The maximum Gasteiger partial charge on any atom is 0.287 e. The number of thioether (sulfide) groups is 1. The topological polar surface area (TPSA) is 156 Å². The number of hydrogen-bond acceptors (Lipinski definition) is 9. The number of aliphatic hydroxyl groups excluding tert-OH is 2. The third-order valence-corrected chi connectivity index (χ3v) is 8.00. The van der Waals surface area contributed by atoms with Crippen LogP contribution in [-0.4, -0.2) is 70.7 Å². The van der Waals surface area contributed by atoms with Crippen molar-refractivity contribution in [3.63, 3.8) is 0 Å². The summed E-state index contributed by atoms with van der Waals surface area (Å²) in [6, 6.07) is 18.6. The molecule has 1 saturated heterocycles. The number of carbonyl (C=O) groups is 1. The zero-order chi connectivity index (χ0) is 27.6. The Bertz CT molecular complexity index is 1710. The fraction of sp³-hybridized carbons (Fsp3) is 0.231. The molecule has 5 aromatic rings. The van der Waals surface area contributed by atoms with Crippen LogP contribution in [0.5, 0.6) is 0 Å². The Morgan fingerprint density at radius 2 is 1.93 bits per heavy atom. The highest BCUT2D eigenvalue weighted by atomic mass is 32.2. The first kappa shape index (κ1) is 26.6. The van der Waals surface area contributed by atoms with Gasteiger partial charge in [-0.1, -0.05) is 60.3 Å². The number of aromatic nitrogens is 5. The molecule has 4 unspecified atom stereocenters. The predicted molar refractivity (Wildman–Crippen MR) is 151 cm³/mol. The Morgan fingerprint density at radius 3 is 2.67 bits per heavy atom. The third kappa shape index (κ3) is 5.39. The minimum Gasteiger partial charge on any atom is -0.388 e. The summed E-state index contributed by atoms with van der Waals surface area (Å²) in [6.07, 6.45) is -1.42. The molecular weight excluding hydrogens is 555 g/mol. The predicted octanol–water partition coefficient (Wildman–Crippen LogP) is 2.42. The summed E-state index contributed by atoms with van der Waals surface area (Å²) in [4.78, 5) is 38.5. The highest BCUT2D eigenvalue weighted by Crippen LogP contribution is 2.29. The highest BCUT2D eigenvalue weighted by Gasteiger charge is 2.33. The van der Waals surface area contributed by atoms with E-state index in [1.807, 2.05) is 48.5 Å². The molecule has 3 aromatic heterocycles. The first-order valence-electron chi connectivity index (χ1n) is 12.4. The number of rotatable bonds is 8. The summed E-state index contributed by atoms with van der Waals surface area (Å²) in [6.45, 7) is -0.0444. The SMILES string of the molecule is O=C(CSc1nc2c(=O)n3cc(-c4ccccc4)[nH]c3nc2n1CC(O)C1OPOCC1O)Nc1ccccc1. The zero-order valence-electron chi connectivity index (χ0n) is 20.9. The molecule has 1 aliphatic heterocycles. The van der Waals surface area contributed by atoms with Crippen molar-refractivity contribution in [3.8, 4) is 11.3 Å². The number of aromatic amines is 1. The molecule has 206 valence electrons. The van der Waals surface area contributed by atoms with Crippen LogP contribution in [0.4, 0.5) is 5.69 Å². The molecule has 0 aliphatic carbocycles. The molecule has 40 heavy (non-hydrogen) atoms. The van der Waals surface area contributed by atoms with Crippen molar-refractivity contribution in [2.24, 2.45) is 0 Å². The van der Waals surface area contributed by atoms with Gasteiger partial charge in [-0.3, -0.25) is 9.59 Å². The van der Waals surface area contributed by atoms with Crippen LogP contribution in [0.3, 0.4) is 0 Å². The number of hydrogen-bond donors (Lipinski definition) is 4. The molecule has 0 radical (unpaired) electrons. The molecule has 2 aromatic carbocycles. The number of amides is 1. The van der Waals surface area contributed by atoms with Gasteiger partial charge >= 0.3 is 0 Å². The Balaban J connectivity index is 1.36. The van der Waals surface area contributed by atoms with Crippen LogP contribution >= 0.6 is 20.8 Å². The molecular formula is C26H25N6O6PS. The number of anilines is 1. The van der Waals surface area contributed by atoms with E-state index in [2.05, 4.69) is 20.3 Å². The molecule has 12 nitrogen and oxygen atoms in total. The number of carbonyl (C=O) groups excluding carboxylic acids is 1. The van der Waals surface area contributed by atoms with Gasteiger partial charge in [0.1, 0.15) is 18.3 Å². The molecule has 4 heterocycles. The Kier molecular flexibility index (Phi) is 7.65. The van der Waals surface area contributed by atoms with Crippen molar-refractivity contribution >= 4 is 49.3 Å². The van der Waals surface area contributed by atoms with Crippen molar-refractivity contribution < 1.29 is 24.1 Å². The van der Waals surface area contributed by atoms with E-state index < -0.39 is 23.9 Å². The lowest BCUT2D eigenvalue weighted by molar-refractivity contribution is -0.113. The van der Waals surface area contributed by atoms with Gasteiger partial charge in [0.25, 0.3) is 5.56 Å². The first-order valence-corrected chi connectivity index (χ1v) is 14.2. The number of imidazole rings is 2. The summed E-state index contributed by atoms with van der Waals surface area (Å²) in [7, 11) is -0.313. The lowest BCUT2D eigenvalue weighted by atomic mass is 10.1. The van der Waals surface area contributed by atoms with E-state index >= 15 is 0 Å². The molecule has 1 amide bonds. The lowest BCUT2D eigenvalue weighted by Crippen LogP contribution is -2.44. The van der Waals surface area contributed by atoms with E-state index in [4.69, 9.17) is 9.05 Å². The van der Waals surface area contributed by atoms with Crippen LogP contribution in [0.2, 0.25) is 0 Å². The highest BCUT2D eigenvalue weighted by molar-refractivity contribution is 7.99. The molecule has 0 saturated carbocycles. The summed E-state index contributed by atoms with van der Waals surface area (Å²) >= 11 is 1.11. The maximum atomic E-state index is 13.5. The van der Waals surface area contributed by atoms with E-state index in [0.717, 1.165) is 17.3 Å². The minimum atomic E-state index is -1.16. The first-order chi connectivity index (χ1) is 19.5. The van der Waals surface area contributed by atoms with Gasteiger partial charge < -0.3 is 34.1 Å². The van der Waals surface area contributed by atoms with E-state index in [-0.39, 0.29) is 45.0 Å². The van der Waals surface area contributed by atoms with Crippen molar-refractivity contribution in [1.29, 1.82) is 0 Å². The molecule has 1 fully saturated rings. The van der Waals surface area contributed by atoms with Crippen LogP contribution in [-0.2, 0) is 20.4 Å². The Hall–Kier alpha value is -3.58. The second-order valence-corrected chi connectivity index (χ2v) is 10.8. The Labute approximate surface area is 233 Å². The molecule has 0 spiro atoms. The number of aliphatic hydroxyl groups is 2.